The zero-order valence-electron chi connectivity index (χ0n) is 22.9. The number of oxazole rings is 1. The molecule has 0 aliphatic carbocycles. The molecule has 1 aliphatic heterocycles. The van der Waals surface area contributed by atoms with Crippen LogP contribution in [-0.2, 0) is 22.5 Å². The molecule has 0 bridgehead atoms. The topological polar surface area (TPSA) is 85.4 Å². The average molecular weight is 570 g/mol. The molecular weight excluding hydrogens is 538 g/mol. The van der Waals surface area contributed by atoms with Crippen LogP contribution in [0.5, 0.6) is 0 Å². The van der Waals surface area contributed by atoms with E-state index in [9.17, 15) is 4.79 Å². The first kappa shape index (κ1) is 27.2. The summed E-state index contributed by atoms with van der Waals surface area (Å²) >= 11 is 6.12. The Morgan fingerprint density at radius 3 is 2.59 bits per heavy atom. The van der Waals surface area contributed by atoms with E-state index in [0.717, 1.165) is 54.9 Å². The van der Waals surface area contributed by atoms with Crippen LogP contribution in [0.15, 0.2) is 83.5 Å². The van der Waals surface area contributed by atoms with Crippen LogP contribution in [0, 0.1) is 0 Å². The van der Waals surface area contributed by atoms with Gasteiger partial charge in [0.25, 0.3) is 0 Å². The number of nitrogens with one attached hydrogen (secondary N) is 1. The highest BCUT2D eigenvalue weighted by Crippen LogP contribution is 2.29. The standard InChI is InChI=1S/C32H32ClN5O3/c1-37(26-16-18-40-19-17-26)20-22-6-12-25(13-7-22)35-30(39)15-14-29-31(23-8-10-24(33)11-9-23)36-32(41-29)38-21-34-27-4-2-3-5-28(27)38/h2-13,21,26H,14-20H2,1H3,(H,35,39). The lowest BCUT2D eigenvalue weighted by atomic mass is 10.1. The maximum Gasteiger partial charge on any atom is 0.308 e. The minimum atomic E-state index is -0.0924. The van der Waals surface area contributed by atoms with Gasteiger partial charge in [0.15, 0.2) is 0 Å². The molecule has 8 nitrogen and oxygen atoms in total. The van der Waals surface area contributed by atoms with Crippen molar-refractivity contribution in [2.24, 2.45) is 0 Å². The minimum absolute atomic E-state index is 0.0924. The first-order valence-corrected chi connectivity index (χ1v) is 14.3. The number of benzene rings is 3. The zero-order chi connectivity index (χ0) is 28.2. The Bertz CT molecular complexity index is 1620. The van der Waals surface area contributed by atoms with Gasteiger partial charge in [-0.15, -0.1) is 0 Å². The van der Waals surface area contributed by atoms with Crippen molar-refractivity contribution in [3.05, 3.63) is 95.5 Å². The molecule has 1 saturated heterocycles. The number of anilines is 1. The molecule has 3 aromatic carbocycles. The lowest BCUT2D eigenvalue weighted by Gasteiger charge is -2.31. The van der Waals surface area contributed by atoms with Crippen molar-refractivity contribution >= 4 is 34.2 Å². The first-order valence-electron chi connectivity index (χ1n) is 13.9. The number of ether oxygens (including phenoxy) is 1. The Hall–Kier alpha value is -3.98. The summed E-state index contributed by atoms with van der Waals surface area (Å²) in [6, 6.07) is 24.3. The van der Waals surface area contributed by atoms with Crippen LogP contribution < -0.4 is 5.32 Å². The second kappa shape index (κ2) is 12.3. The number of nitrogens with zero attached hydrogens (tertiary/aromatic N) is 4. The molecule has 6 rings (SSSR count). The quantitative estimate of drug-likeness (QED) is 0.218. The number of carbonyl (C=O) groups excluding carboxylic acids is 1. The third-order valence-electron chi connectivity index (χ3n) is 7.53. The highest BCUT2D eigenvalue weighted by Gasteiger charge is 2.20. The molecule has 3 heterocycles. The molecule has 1 fully saturated rings. The smallest absolute Gasteiger partial charge is 0.308 e. The van der Waals surface area contributed by atoms with Gasteiger partial charge >= 0.3 is 6.01 Å². The predicted octanol–water partition coefficient (Wildman–Crippen LogP) is 6.52. The summed E-state index contributed by atoms with van der Waals surface area (Å²) in [7, 11) is 2.16. The first-order chi connectivity index (χ1) is 20.0. The van der Waals surface area contributed by atoms with E-state index in [4.69, 9.17) is 25.7 Å². The molecule has 0 radical (unpaired) electrons. The normalized spacial score (nSPS) is 14.1. The number of aryl methyl sites for hydroxylation is 1. The van der Waals surface area contributed by atoms with Gasteiger partial charge in [-0.25, -0.2) is 4.98 Å². The van der Waals surface area contributed by atoms with Crippen molar-refractivity contribution in [3.8, 4) is 17.3 Å². The molecule has 0 spiro atoms. The van der Waals surface area contributed by atoms with Gasteiger partial charge in [-0.05, 0) is 61.9 Å². The van der Waals surface area contributed by atoms with E-state index in [2.05, 4.69) is 34.4 Å². The number of halogens is 1. The van der Waals surface area contributed by atoms with Crippen molar-refractivity contribution in [2.75, 3.05) is 25.6 Å². The van der Waals surface area contributed by atoms with Gasteiger partial charge in [-0.1, -0.05) is 48.0 Å². The fraction of sp³-hybridized carbons (Fsp3) is 0.281. The van der Waals surface area contributed by atoms with Crippen LogP contribution in [0.3, 0.4) is 0 Å². The van der Waals surface area contributed by atoms with Crippen molar-refractivity contribution in [1.82, 2.24) is 19.4 Å². The maximum absolute atomic E-state index is 12.9. The number of imidazole rings is 1. The Balaban J connectivity index is 1.14. The summed E-state index contributed by atoms with van der Waals surface area (Å²) in [5.74, 6) is 0.534. The zero-order valence-corrected chi connectivity index (χ0v) is 23.7. The summed E-state index contributed by atoms with van der Waals surface area (Å²) in [5.41, 5.74) is 5.27. The van der Waals surface area contributed by atoms with Gasteiger partial charge < -0.3 is 14.5 Å². The largest absolute Gasteiger partial charge is 0.427 e. The van der Waals surface area contributed by atoms with Gasteiger partial charge in [0.2, 0.25) is 5.91 Å². The van der Waals surface area contributed by atoms with Gasteiger partial charge in [0.1, 0.15) is 17.8 Å². The summed E-state index contributed by atoms with van der Waals surface area (Å²) in [6.45, 7) is 2.53. The number of fused-ring (bicyclic) bond motifs is 1. The number of amides is 1. The van der Waals surface area contributed by atoms with Gasteiger partial charge in [0, 0.05) is 54.9 Å². The second-order valence-corrected chi connectivity index (χ2v) is 10.8. The van der Waals surface area contributed by atoms with E-state index in [1.807, 2.05) is 65.2 Å². The van der Waals surface area contributed by atoms with Crippen molar-refractivity contribution in [1.29, 1.82) is 0 Å². The van der Waals surface area contributed by atoms with Gasteiger partial charge in [0.05, 0.1) is 11.0 Å². The summed E-state index contributed by atoms with van der Waals surface area (Å²) in [4.78, 5) is 24.6. The third kappa shape index (κ3) is 6.35. The molecule has 5 aromatic rings. The minimum Gasteiger partial charge on any atom is -0.427 e. The molecule has 0 unspecified atom stereocenters. The molecule has 1 aliphatic rings. The van der Waals surface area contributed by atoms with Crippen molar-refractivity contribution in [2.45, 2.75) is 38.3 Å². The summed E-state index contributed by atoms with van der Waals surface area (Å²) in [5, 5.41) is 3.66. The molecule has 2 aromatic heterocycles. The van der Waals surface area contributed by atoms with Crippen LogP contribution in [-0.4, -0.2) is 51.6 Å². The lowest BCUT2D eigenvalue weighted by molar-refractivity contribution is -0.116. The Labute approximate surface area is 243 Å². The molecule has 0 atom stereocenters. The third-order valence-corrected chi connectivity index (χ3v) is 7.78. The molecule has 1 amide bonds. The molecular formula is C32H32ClN5O3. The van der Waals surface area contributed by atoms with Gasteiger partial charge in [-0.3, -0.25) is 14.3 Å². The number of hydrogen-bond acceptors (Lipinski definition) is 6. The van der Waals surface area contributed by atoms with Crippen LogP contribution >= 0.6 is 11.6 Å². The Kier molecular flexibility index (Phi) is 8.14. The number of para-hydroxylation sites is 2. The highest BCUT2D eigenvalue weighted by molar-refractivity contribution is 6.30. The number of hydrogen-bond donors (Lipinski definition) is 1. The highest BCUT2D eigenvalue weighted by atomic mass is 35.5. The number of rotatable bonds is 9. The average Bonchev–Trinajstić information content (AvgIpc) is 3.62. The maximum atomic E-state index is 12.9. The van der Waals surface area contributed by atoms with E-state index in [0.29, 0.717) is 35.0 Å². The molecule has 9 heteroatoms. The van der Waals surface area contributed by atoms with E-state index in [1.54, 1.807) is 6.33 Å². The number of carbonyl (C=O) groups is 1. The molecule has 0 saturated carbocycles. The van der Waals surface area contributed by atoms with Crippen molar-refractivity contribution < 1.29 is 13.9 Å². The molecule has 1 N–H and O–H groups in total. The Morgan fingerprint density at radius 2 is 1.80 bits per heavy atom. The van der Waals surface area contributed by atoms with Crippen LogP contribution in [0.2, 0.25) is 5.02 Å². The predicted molar refractivity (Wildman–Crippen MR) is 160 cm³/mol. The van der Waals surface area contributed by atoms with Crippen LogP contribution in [0.4, 0.5) is 5.69 Å². The van der Waals surface area contributed by atoms with Crippen LogP contribution in [0.1, 0.15) is 30.6 Å². The molecule has 210 valence electrons. The van der Waals surface area contributed by atoms with E-state index >= 15 is 0 Å². The van der Waals surface area contributed by atoms with Crippen molar-refractivity contribution in [3.63, 3.8) is 0 Å². The van der Waals surface area contributed by atoms with Gasteiger partial charge in [-0.2, -0.15) is 4.98 Å². The van der Waals surface area contributed by atoms with E-state index in [-0.39, 0.29) is 12.3 Å². The van der Waals surface area contributed by atoms with Crippen LogP contribution in [0.25, 0.3) is 28.3 Å². The fourth-order valence-electron chi connectivity index (χ4n) is 5.24. The fourth-order valence-corrected chi connectivity index (χ4v) is 5.37. The monoisotopic (exact) mass is 569 g/mol. The SMILES string of the molecule is CN(Cc1ccc(NC(=O)CCc2oc(-n3cnc4ccccc43)nc2-c2ccc(Cl)cc2)cc1)C1CCOCC1. The second-order valence-electron chi connectivity index (χ2n) is 10.4. The summed E-state index contributed by atoms with van der Waals surface area (Å²) < 4.78 is 13.5. The Morgan fingerprint density at radius 1 is 1.05 bits per heavy atom. The number of aromatic nitrogens is 3. The lowest BCUT2D eigenvalue weighted by Crippen LogP contribution is -2.36. The van der Waals surface area contributed by atoms with E-state index < -0.39 is 0 Å². The molecule has 41 heavy (non-hydrogen) atoms. The van der Waals surface area contributed by atoms with E-state index in [1.165, 1.54) is 5.56 Å². The summed E-state index contributed by atoms with van der Waals surface area (Å²) in [6.07, 6.45) is 4.46.